The van der Waals surface area contributed by atoms with E-state index in [0.717, 1.165) is 6.54 Å². The molecule has 1 rings (SSSR count). The van der Waals surface area contributed by atoms with Gasteiger partial charge in [0.2, 0.25) is 0 Å². The quantitative estimate of drug-likeness (QED) is 0.780. The van der Waals surface area contributed by atoms with Gasteiger partial charge in [0.05, 0.1) is 11.7 Å². The molecule has 1 aromatic rings. The lowest BCUT2D eigenvalue weighted by atomic mass is 9.96. The Morgan fingerprint density at radius 3 is 2.71 bits per heavy atom. The first-order valence-electron chi connectivity index (χ1n) is 5.43. The van der Waals surface area contributed by atoms with E-state index in [-0.39, 0.29) is 0 Å². The van der Waals surface area contributed by atoms with Crippen LogP contribution in [0.4, 0.5) is 0 Å². The van der Waals surface area contributed by atoms with Gasteiger partial charge in [0.1, 0.15) is 0 Å². The Hall–Kier alpha value is -0.830. The van der Waals surface area contributed by atoms with E-state index in [2.05, 4.69) is 41.9 Å². The van der Waals surface area contributed by atoms with E-state index in [9.17, 15) is 0 Å². The van der Waals surface area contributed by atoms with Gasteiger partial charge in [-0.3, -0.25) is 4.68 Å². The third-order valence-corrected chi connectivity index (χ3v) is 2.89. The molecule has 0 spiro atoms. The average molecular weight is 195 g/mol. The van der Waals surface area contributed by atoms with Crippen molar-refractivity contribution in [3.8, 4) is 0 Å². The molecule has 2 unspecified atom stereocenters. The van der Waals surface area contributed by atoms with Crippen LogP contribution < -0.4 is 5.32 Å². The predicted molar refractivity (Wildman–Crippen MR) is 59.2 cm³/mol. The molecule has 1 aromatic heterocycles. The summed E-state index contributed by atoms with van der Waals surface area (Å²) in [5.41, 5.74) is 1.30. The molecular formula is C11H21N3. The first kappa shape index (κ1) is 11.2. The van der Waals surface area contributed by atoms with Gasteiger partial charge in [-0.05, 0) is 26.0 Å². The molecule has 0 fully saturated rings. The average Bonchev–Trinajstić information content (AvgIpc) is 2.66. The number of hydrogen-bond acceptors (Lipinski definition) is 2. The van der Waals surface area contributed by atoms with Gasteiger partial charge in [0.15, 0.2) is 0 Å². The van der Waals surface area contributed by atoms with Gasteiger partial charge < -0.3 is 5.32 Å². The minimum absolute atomic E-state index is 0.419. The molecule has 0 aliphatic rings. The van der Waals surface area contributed by atoms with E-state index < -0.39 is 0 Å². The number of nitrogens with one attached hydrogen (secondary N) is 1. The lowest BCUT2D eigenvalue weighted by molar-refractivity contribution is 0.375. The topological polar surface area (TPSA) is 29.9 Å². The van der Waals surface area contributed by atoms with Crippen LogP contribution in [0.25, 0.3) is 0 Å². The molecule has 14 heavy (non-hydrogen) atoms. The summed E-state index contributed by atoms with van der Waals surface area (Å²) in [7, 11) is 2.02. The standard InChI is InChI=1S/C11H21N3/c1-5-9(3)11(12-4)10-7-8-13-14(10)6-2/h7-9,11-12H,5-6H2,1-4H3. The maximum atomic E-state index is 4.30. The van der Waals surface area contributed by atoms with Crippen LogP contribution in [-0.2, 0) is 6.54 Å². The molecule has 3 nitrogen and oxygen atoms in total. The number of aromatic nitrogens is 2. The highest BCUT2D eigenvalue weighted by molar-refractivity contribution is 5.08. The molecule has 0 saturated carbocycles. The molecule has 1 N–H and O–H groups in total. The second kappa shape index (κ2) is 5.15. The van der Waals surface area contributed by atoms with Crippen molar-refractivity contribution >= 4 is 0 Å². The fourth-order valence-electron chi connectivity index (χ4n) is 1.83. The normalized spacial score (nSPS) is 15.4. The van der Waals surface area contributed by atoms with Crippen molar-refractivity contribution in [3.05, 3.63) is 18.0 Å². The monoisotopic (exact) mass is 195 g/mol. The summed E-state index contributed by atoms with van der Waals surface area (Å²) in [5.74, 6) is 0.641. The van der Waals surface area contributed by atoms with Crippen molar-refractivity contribution in [2.24, 2.45) is 5.92 Å². The molecular weight excluding hydrogens is 174 g/mol. The Morgan fingerprint density at radius 2 is 2.21 bits per heavy atom. The van der Waals surface area contributed by atoms with Crippen molar-refractivity contribution in [3.63, 3.8) is 0 Å². The maximum Gasteiger partial charge on any atom is 0.0556 e. The smallest absolute Gasteiger partial charge is 0.0556 e. The first-order chi connectivity index (χ1) is 6.74. The van der Waals surface area contributed by atoms with Crippen molar-refractivity contribution in [1.82, 2.24) is 15.1 Å². The molecule has 0 aromatic carbocycles. The van der Waals surface area contributed by atoms with Crippen LogP contribution in [0.1, 0.15) is 38.9 Å². The van der Waals surface area contributed by atoms with Gasteiger partial charge in [0, 0.05) is 12.7 Å². The number of nitrogens with zero attached hydrogens (tertiary/aromatic N) is 2. The summed E-state index contributed by atoms with van der Waals surface area (Å²) in [6.07, 6.45) is 3.06. The highest BCUT2D eigenvalue weighted by Gasteiger charge is 2.18. The SMILES string of the molecule is CCC(C)C(NC)c1ccnn1CC. The van der Waals surface area contributed by atoms with Crippen molar-refractivity contribution in [2.45, 2.75) is 39.8 Å². The molecule has 80 valence electrons. The van der Waals surface area contributed by atoms with E-state index in [0.29, 0.717) is 12.0 Å². The Bertz CT molecular complexity index is 267. The number of hydrogen-bond donors (Lipinski definition) is 1. The molecule has 2 atom stereocenters. The van der Waals surface area contributed by atoms with Crippen LogP contribution in [0, 0.1) is 5.92 Å². The Morgan fingerprint density at radius 1 is 1.50 bits per heavy atom. The lowest BCUT2D eigenvalue weighted by Gasteiger charge is -2.23. The zero-order valence-electron chi connectivity index (χ0n) is 9.62. The zero-order valence-corrected chi connectivity index (χ0v) is 9.62. The summed E-state index contributed by atoms with van der Waals surface area (Å²) in [6, 6.07) is 2.53. The van der Waals surface area contributed by atoms with Gasteiger partial charge in [-0.2, -0.15) is 5.10 Å². The van der Waals surface area contributed by atoms with Crippen LogP contribution in [0.15, 0.2) is 12.3 Å². The van der Waals surface area contributed by atoms with Crippen LogP contribution in [0.3, 0.4) is 0 Å². The van der Waals surface area contributed by atoms with Gasteiger partial charge in [-0.15, -0.1) is 0 Å². The Balaban J connectivity index is 2.88. The lowest BCUT2D eigenvalue weighted by Crippen LogP contribution is -2.25. The van der Waals surface area contributed by atoms with Crippen LogP contribution >= 0.6 is 0 Å². The van der Waals surface area contributed by atoms with Crippen LogP contribution in [0.5, 0.6) is 0 Å². The molecule has 0 saturated heterocycles. The minimum atomic E-state index is 0.419. The zero-order chi connectivity index (χ0) is 10.6. The van der Waals surface area contributed by atoms with E-state index in [1.807, 2.05) is 13.2 Å². The third kappa shape index (κ3) is 2.15. The van der Waals surface area contributed by atoms with Gasteiger partial charge in [-0.1, -0.05) is 20.3 Å². The number of rotatable bonds is 5. The summed E-state index contributed by atoms with van der Waals surface area (Å²) in [5, 5.41) is 7.67. The van der Waals surface area contributed by atoms with Gasteiger partial charge in [-0.25, -0.2) is 0 Å². The molecule has 0 aliphatic heterocycles. The summed E-state index contributed by atoms with van der Waals surface area (Å²) < 4.78 is 2.06. The van der Waals surface area contributed by atoms with E-state index in [1.54, 1.807) is 0 Å². The van der Waals surface area contributed by atoms with Crippen LogP contribution in [-0.4, -0.2) is 16.8 Å². The molecule has 0 aliphatic carbocycles. The summed E-state index contributed by atoms with van der Waals surface area (Å²) in [6.45, 7) is 7.56. The van der Waals surface area contributed by atoms with Crippen molar-refractivity contribution in [2.75, 3.05) is 7.05 Å². The molecule has 0 bridgehead atoms. The highest BCUT2D eigenvalue weighted by Crippen LogP contribution is 2.23. The van der Waals surface area contributed by atoms with E-state index >= 15 is 0 Å². The molecule has 0 amide bonds. The van der Waals surface area contributed by atoms with Gasteiger partial charge in [0.25, 0.3) is 0 Å². The van der Waals surface area contributed by atoms with E-state index in [1.165, 1.54) is 12.1 Å². The highest BCUT2D eigenvalue weighted by atomic mass is 15.3. The second-order valence-electron chi connectivity index (χ2n) is 3.72. The Labute approximate surface area is 86.5 Å². The van der Waals surface area contributed by atoms with Crippen LogP contribution in [0.2, 0.25) is 0 Å². The third-order valence-electron chi connectivity index (χ3n) is 2.89. The minimum Gasteiger partial charge on any atom is -0.311 e. The van der Waals surface area contributed by atoms with Crippen molar-refractivity contribution in [1.29, 1.82) is 0 Å². The summed E-state index contributed by atoms with van der Waals surface area (Å²) >= 11 is 0. The molecule has 1 heterocycles. The second-order valence-corrected chi connectivity index (χ2v) is 3.72. The predicted octanol–water partition coefficient (Wildman–Crippen LogP) is 2.21. The van der Waals surface area contributed by atoms with E-state index in [4.69, 9.17) is 0 Å². The largest absolute Gasteiger partial charge is 0.311 e. The number of aryl methyl sites for hydroxylation is 1. The summed E-state index contributed by atoms with van der Waals surface area (Å²) in [4.78, 5) is 0. The fraction of sp³-hybridized carbons (Fsp3) is 0.727. The Kier molecular flexibility index (Phi) is 4.14. The first-order valence-corrected chi connectivity index (χ1v) is 5.43. The fourth-order valence-corrected chi connectivity index (χ4v) is 1.83. The van der Waals surface area contributed by atoms with Gasteiger partial charge >= 0.3 is 0 Å². The van der Waals surface area contributed by atoms with Crippen molar-refractivity contribution < 1.29 is 0 Å². The maximum absolute atomic E-state index is 4.30. The molecule has 0 radical (unpaired) electrons. The molecule has 3 heteroatoms.